The van der Waals surface area contributed by atoms with Gasteiger partial charge in [0.05, 0.1) is 5.75 Å². The number of likely N-dealkylation sites (N-methyl/N-ethyl adjacent to an activating group) is 1. The topological polar surface area (TPSA) is 49.4 Å². The molecular formula is C28H31ClN2O2S. The van der Waals surface area contributed by atoms with Crippen molar-refractivity contribution in [2.75, 3.05) is 12.3 Å². The van der Waals surface area contributed by atoms with Gasteiger partial charge in [-0.05, 0) is 42.7 Å². The Morgan fingerprint density at radius 2 is 1.65 bits per heavy atom. The number of hydrogen-bond acceptors (Lipinski definition) is 3. The molecule has 0 aliphatic carbocycles. The summed E-state index contributed by atoms with van der Waals surface area (Å²) in [5.41, 5.74) is 4.22. The summed E-state index contributed by atoms with van der Waals surface area (Å²) in [4.78, 5) is 28.4. The Morgan fingerprint density at radius 1 is 0.941 bits per heavy atom. The number of carbonyl (C=O) groups is 2. The minimum Gasteiger partial charge on any atom is -0.355 e. The van der Waals surface area contributed by atoms with Crippen molar-refractivity contribution < 1.29 is 9.59 Å². The van der Waals surface area contributed by atoms with Gasteiger partial charge in [-0.3, -0.25) is 9.59 Å². The fourth-order valence-electron chi connectivity index (χ4n) is 3.82. The summed E-state index contributed by atoms with van der Waals surface area (Å²) in [7, 11) is 0. The van der Waals surface area contributed by atoms with Gasteiger partial charge < -0.3 is 10.2 Å². The molecular weight excluding hydrogens is 464 g/mol. The summed E-state index contributed by atoms with van der Waals surface area (Å²) in [5.74, 6) is 0.769. The lowest BCUT2D eigenvalue weighted by molar-refractivity contribution is -0.139. The molecule has 178 valence electrons. The van der Waals surface area contributed by atoms with E-state index in [0.717, 1.165) is 22.3 Å². The average Bonchev–Trinajstić information content (AvgIpc) is 2.82. The van der Waals surface area contributed by atoms with E-state index >= 15 is 0 Å². The van der Waals surface area contributed by atoms with Crippen LogP contribution in [0.25, 0.3) is 0 Å². The van der Waals surface area contributed by atoms with E-state index in [4.69, 9.17) is 11.6 Å². The highest BCUT2D eigenvalue weighted by Gasteiger charge is 2.30. The highest BCUT2D eigenvalue weighted by molar-refractivity contribution is 7.99. The fraction of sp³-hybridized carbons (Fsp3) is 0.286. The van der Waals surface area contributed by atoms with Crippen molar-refractivity contribution in [2.24, 2.45) is 0 Å². The van der Waals surface area contributed by atoms with Crippen LogP contribution in [0.15, 0.2) is 78.9 Å². The van der Waals surface area contributed by atoms with Crippen LogP contribution in [0, 0.1) is 6.92 Å². The largest absolute Gasteiger partial charge is 0.355 e. The molecule has 0 fully saturated rings. The molecule has 34 heavy (non-hydrogen) atoms. The van der Waals surface area contributed by atoms with Gasteiger partial charge in [-0.25, -0.2) is 0 Å². The molecule has 0 aliphatic rings. The molecule has 0 aliphatic heterocycles. The number of carbonyl (C=O) groups excluding carboxylic acids is 2. The van der Waals surface area contributed by atoms with Crippen molar-refractivity contribution in [3.05, 3.63) is 106 Å². The van der Waals surface area contributed by atoms with Crippen LogP contribution in [-0.4, -0.2) is 35.1 Å². The van der Waals surface area contributed by atoms with E-state index in [1.807, 2.05) is 86.6 Å². The predicted molar refractivity (Wildman–Crippen MR) is 142 cm³/mol. The monoisotopic (exact) mass is 494 g/mol. The quantitative estimate of drug-likeness (QED) is 0.374. The number of rotatable bonds is 11. The number of aryl methyl sites for hydroxylation is 1. The molecule has 3 aromatic rings. The first-order valence-electron chi connectivity index (χ1n) is 11.4. The molecule has 3 rings (SSSR count). The van der Waals surface area contributed by atoms with Crippen LogP contribution in [-0.2, 0) is 28.3 Å². The van der Waals surface area contributed by atoms with E-state index in [2.05, 4.69) is 11.4 Å². The zero-order valence-corrected chi connectivity index (χ0v) is 21.2. The summed E-state index contributed by atoms with van der Waals surface area (Å²) >= 11 is 7.63. The molecule has 0 spiro atoms. The van der Waals surface area contributed by atoms with E-state index in [9.17, 15) is 9.59 Å². The Hall–Kier alpha value is -2.76. The zero-order chi connectivity index (χ0) is 24.3. The number of hydrogen-bond donors (Lipinski definition) is 1. The normalized spacial score (nSPS) is 11.6. The Bertz CT molecular complexity index is 1090. The standard InChI is InChI=1S/C28H31ClN2O2S/c1-3-30-28(33)26(17-22-10-5-4-6-11-22)31(18-23-12-7-9-21(2)15-23)27(32)20-34-19-24-13-8-14-25(29)16-24/h4-16,26H,3,17-20H2,1-2H3,(H,30,33). The van der Waals surface area contributed by atoms with Gasteiger partial charge >= 0.3 is 0 Å². The molecule has 1 N–H and O–H groups in total. The highest BCUT2D eigenvalue weighted by atomic mass is 35.5. The minimum absolute atomic E-state index is 0.0549. The van der Waals surface area contributed by atoms with Gasteiger partial charge in [-0.1, -0.05) is 83.9 Å². The first-order valence-corrected chi connectivity index (χ1v) is 13.0. The first-order chi connectivity index (χ1) is 16.5. The summed E-state index contributed by atoms with van der Waals surface area (Å²) in [6.45, 7) is 4.82. The molecule has 3 aromatic carbocycles. The first kappa shape index (κ1) is 25.9. The van der Waals surface area contributed by atoms with E-state index in [1.54, 1.807) is 4.90 Å². The van der Waals surface area contributed by atoms with Crippen molar-refractivity contribution in [1.82, 2.24) is 10.2 Å². The van der Waals surface area contributed by atoms with Crippen LogP contribution in [0.1, 0.15) is 29.2 Å². The smallest absolute Gasteiger partial charge is 0.243 e. The molecule has 0 saturated heterocycles. The van der Waals surface area contributed by atoms with Crippen LogP contribution in [0.3, 0.4) is 0 Å². The molecule has 0 bridgehead atoms. The predicted octanol–water partition coefficient (Wildman–Crippen LogP) is 5.66. The van der Waals surface area contributed by atoms with Crippen molar-refractivity contribution in [3.63, 3.8) is 0 Å². The second-order valence-electron chi connectivity index (χ2n) is 8.23. The summed E-state index contributed by atoms with van der Waals surface area (Å²) in [6, 6.07) is 25.0. The lowest BCUT2D eigenvalue weighted by Crippen LogP contribution is -2.51. The number of benzene rings is 3. The molecule has 1 unspecified atom stereocenters. The number of thioether (sulfide) groups is 1. The van der Waals surface area contributed by atoms with Crippen LogP contribution < -0.4 is 5.32 Å². The van der Waals surface area contributed by atoms with Gasteiger partial charge in [0, 0.05) is 30.3 Å². The highest BCUT2D eigenvalue weighted by Crippen LogP contribution is 2.20. The molecule has 0 radical (unpaired) electrons. The Morgan fingerprint density at radius 3 is 2.35 bits per heavy atom. The van der Waals surface area contributed by atoms with Gasteiger partial charge in [0.25, 0.3) is 0 Å². The third-order valence-corrected chi connectivity index (χ3v) is 6.66. The summed E-state index contributed by atoms with van der Waals surface area (Å²) < 4.78 is 0. The Labute approximate surface area is 211 Å². The van der Waals surface area contributed by atoms with Crippen molar-refractivity contribution >= 4 is 35.2 Å². The number of nitrogens with zero attached hydrogens (tertiary/aromatic N) is 1. The van der Waals surface area contributed by atoms with E-state index < -0.39 is 6.04 Å². The molecule has 0 heterocycles. The van der Waals surface area contributed by atoms with Crippen LogP contribution in [0.5, 0.6) is 0 Å². The van der Waals surface area contributed by atoms with Crippen molar-refractivity contribution in [1.29, 1.82) is 0 Å². The third kappa shape index (κ3) is 7.93. The van der Waals surface area contributed by atoms with Crippen LogP contribution in [0.2, 0.25) is 5.02 Å². The molecule has 6 heteroatoms. The average molecular weight is 495 g/mol. The van der Waals surface area contributed by atoms with Crippen molar-refractivity contribution in [3.8, 4) is 0 Å². The van der Waals surface area contributed by atoms with Gasteiger partial charge in [0.2, 0.25) is 11.8 Å². The lowest BCUT2D eigenvalue weighted by atomic mass is 10.0. The molecule has 1 atom stereocenters. The molecule has 0 aromatic heterocycles. The van der Waals surface area contributed by atoms with Gasteiger partial charge in [-0.15, -0.1) is 11.8 Å². The van der Waals surface area contributed by atoms with Gasteiger partial charge in [0.15, 0.2) is 0 Å². The summed E-state index contributed by atoms with van der Waals surface area (Å²) in [5, 5.41) is 3.62. The number of halogens is 1. The second-order valence-corrected chi connectivity index (χ2v) is 9.66. The van der Waals surface area contributed by atoms with E-state index in [1.165, 1.54) is 11.8 Å². The van der Waals surface area contributed by atoms with Gasteiger partial charge in [0.1, 0.15) is 6.04 Å². The summed E-state index contributed by atoms with van der Waals surface area (Å²) in [6.07, 6.45) is 0.461. The van der Waals surface area contributed by atoms with Crippen LogP contribution >= 0.6 is 23.4 Å². The van der Waals surface area contributed by atoms with Gasteiger partial charge in [-0.2, -0.15) is 0 Å². The zero-order valence-electron chi connectivity index (χ0n) is 19.7. The van der Waals surface area contributed by atoms with Crippen LogP contribution in [0.4, 0.5) is 0 Å². The fourth-order valence-corrected chi connectivity index (χ4v) is 4.89. The Kier molecular flexibility index (Phi) is 10.0. The van der Waals surface area contributed by atoms with Crippen molar-refractivity contribution in [2.45, 2.75) is 38.6 Å². The Balaban J connectivity index is 1.82. The maximum absolute atomic E-state index is 13.5. The van der Waals surface area contributed by atoms with E-state index in [-0.39, 0.29) is 17.6 Å². The third-order valence-electron chi connectivity index (χ3n) is 5.44. The number of amides is 2. The molecule has 0 saturated carbocycles. The maximum atomic E-state index is 13.5. The molecule has 2 amide bonds. The number of nitrogens with one attached hydrogen (secondary N) is 1. The molecule has 4 nitrogen and oxygen atoms in total. The second kappa shape index (κ2) is 13.2. The maximum Gasteiger partial charge on any atom is 0.243 e. The lowest BCUT2D eigenvalue weighted by Gasteiger charge is -2.31. The minimum atomic E-state index is -0.595. The SMILES string of the molecule is CCNC(=O)C(Cc1ccccc1)N(Cc1cccc(C)c1)C(=O)CSCc1cccc(Cl)c1. The van der Waals surface area contributed by atoms with E-state index in [0.29, 0.717) is 30.3 Å².